The van der Waals surface area contributed by atoms with Crippen LogP contribution in [0.3, 0.4) is 0 Å². The fourth-order valence-electron chi connectivity index (χ4n) is 15.9. The molecule has 0 aliphatic rings. The van der Waals surface area contributed by atoms with E-state index in [1.54, 1.807) is 0 Å². The average molecular weight is 1430 g/mol. The van der Waals surface area contributed by atoms with Crippen molar-refractivity contribution in [2.45, 2.75) is 0 Å². The first-order chi connectivity index (χ1) is 55.5. The van der Waals surface area contributed by atoms with E-state index < -0.39 is 0 Å². The van der Waals surface area contributed by atoms with Gasteiger partial charge in [0.05, 0.1) is 22.4 Å². The van der Waals surface area contributed by atoms with Gasteiger partial charge in [-0.25, -0.2) is 39.9 Å². The zero-order valence-electron chi connectivity index (χ0n) is 60.2. The Morgan fingerprint density at radius 3 is 0.884 bits per heavy atom. The SMILES string of the molecule is c1ccc(-c2ccc(-c3nc(-c4ccccc4)nc(-c4ccc(-c5ccc6c(c5)nc(-c5ccccc5)c5ccc7oc8ccccc8c7c56)cc4)n3)cc2)cc1.c1ccc(-c2nc(-c3ccccc3)nc(-c3cccc4c(-c5ccc6c(c5)nc(-c5ccccc5)c5ccc7oc8ccccc8c7c56)cccc34)n2)cc1. The Morgan fingerprint density at radius 2 is 0.446 bits per heavy atom. The normalized spacial score (nSPS) is 11.6. The fourth-order valence-corrected chi connectivity index (χ4v) is 15.9. The Labute approximate surface area is 643 Å². The third kappa shape index (κ3) is 11.7. The van der Waals surface area contributed by atoms with E-state index in [1.807, 2.05) is 133 Å². The number of aromatic nitrogens is 8. The highest BCUT2D eigenvalue weighted by atomic mass is 16.3. The highest BCUT2D eigenvalue weighted by molar-refractivity contribution is 6.30. The summed E-state index contributed by atoms with van der Waals surface area (Å²) in [4.78, 5) is 40.7. The number of furan rings is 2. The van der Waals surface area contributed by atoms with E-state index in [9.17, 15) is 0 Å². The van der Waals surface area contributed by atoms with Crippen LogP contribution in [0.2, 0.25) is 0 Å². The van der Waals surface area contributed by atoms with E-state index in [2.05, 4.69) is 243 Å². The molecule has 522 valence electrons. The molecule has 0 N–H and O–H groups in total. The molecule has 0 amide bonds. The largest absolute Gasteiger partial charge is 0.456 e. The lowest BCUT2D eigenvalue weighted by Crippen LogP contribution is -2.00. The number of fused-ring (bicyclic) bond motifs is 15. The van der Waals surface area contributed by atoms with E-state index in [4.69, 9.17) is 48.7 Å². The number of hydrogen-bond acceptors (Lipinski definition) is 10. The van der Waals surface area contributed by atoms with Crippen LogP contribution < -0.4 is 0 Å². The van der Waals surface area contributed by atoms with Gasteiger partial charge >= 0.3 is 0 Å². The molecule has 10 heteroatoms. The summed E-state index contributed by atoms with van der Waals surface area (Å²) in [6.07, 6.45) is 0. The van der Waals surface area contributed by atoms with Crippen LogP contribution in [0.4, 0.5) is 0 Å². The summed E-state index contributed by atoms with van der Waals surface area (Å²) in [6, 6.07) is 130. The molecule has 22 aromatic rings. The average Bonchev–Trinajstić information content (AvgIpc) is 1.48. The molecule has 0 radical (unpaired) electrons. The van der Waals surface area contributed by atoms with Gasteiger partial charge < -0.3 is 8.83 Å². The topological polar surface area (TPSA) is 129 Å². The molecule has 0 saturated carbocycles. The molecule has 0 spiro atoms. The molecule has 0 fully saturated rings. The van der Waals surface area contributed by atoms with Crippen molar-refractivity contribution in [1.29, 1.82) is 0 Å². The number of hydrogen-bond donors (Lipinski definition) is 0. The predicted molar refractivity (Wildman–Crippen MR) is 457 cm³/mol. The third-order valence-corrected chi connectivity index (χ3v) is 21.3. The summed E-state index contributed by atoms with van der Waals surface area (Å²) in [6.45, 7) is 0. The Hall–Kier alpha value is -15.3. The molecule has 0 saturated heterocycles. The summed E-state index contributed by atoms with van der Waals surface area (Å²) in [5.74, 6) is 3.79. The van der Waals surface area contributed by atoms with Gasteiger partial charge in [-0.1, -0.05) is 328 Å². The van der Waals surface area contributed by atoms with Gasteiger partial charge in [0.2, 0.25) is 0 Å². The van der Waals surface area contributed by atoms with Crippen LogP contribution in [0.25, 0.3) is 222 Å². The number of benzene rings is 16. The lowest BCUT2D eigenvalue weighted by molar-refractivity contribution is 0.669. The van der Waals surface area contributed by atoms with Crippen LogP contribution >= 0.6 is 0 Å². The van der Waals surface area contributed by atoms with Crippen LogP contribution in [0, 0.1) is 0 Å². The predicted octanol–water partition coefficient (Wildman–Crippen LogP) is 26.4. The lowest BCUT2D eigenvalue weighted by atomic mass is 9.92. The summed E-state index contributed by atoms with van der Waals surface area (Å²) >= 11 is 0. The Bertz CT molecular complexity index is 7330. The van der Waals surface area contributed by atoms with E-state index >= 15 is 0 Å². The van der Waals surface area contributed by atoms with Gasteiger partial charge in [-0.05, 0) is 92.7 Å². The minimum atomic E-state index is 0.619. The molecular formula is C102H62N8O2. The molecule has 6 aromatic heterocycles. The molecule has 0 aliphatic carbocycles. The quantitative estimate of drug-likeness (QED) is 0.115. The van der Waals surface area contributed by atoms with Gasteiger partial charge in [0, 0.05) is 98.4 Å². The van der Waals surface area contributed by atoms with Crippen molar-refractivity contribution in [3.05, 3.63) is 376 Å². The Morgan fingerprint density at radius 1 is 0.152 bits per heavy atom. The smallest absolute Gasteiger partial charge is 0.164 e. The van der Waals surface area contributed by atoms with Crippen LogP contribution in [-0.4, -0.2) is 39.9 Å². The second-order valence-corrected chi connectivity index (χ2v) is 28.0. The van der Waals surface area contributed by atoms with Crippen molar-refractivity contribution in [3.8, 4) is 124 Å². The minimum Gasteiger partial charge on any atom is -0.456 e. The molecule has 0 atom stereocenters. The minimum absolute atomic E-state index is 0.619. The van der Waals surface area contributed by atoms with Crippen molar-refractivity contribution in [2.24, 2.45) is 0 Å². The van der Waals surface area contributed by atoms with Crippen molar-refractivity contribution in [3.63, 3.8) is 0 Å². The van der Waals surface area contributed by atoms with Gasteiger partial charge in [-0.2, -0.15) is 0 Å². The van der Waals surface area contributed by atoms with Crippen LogP contribution in [-0.2, 0) is 0 Å². The van der Waals surface area contributed by atoms with Crippen molar-refractivity contribution >= 4 is 98.0 Å². The lowest BCUT2D eigenvalue weighted by Gasteiger charge is -2.14. The van der Waals surface area contributed by atoms with Crippen LogP contribution in [0.5, 0.6) is 0 Å². The van der Waals surface area contributed by atoms with Crippen molar-refractivity contribution in [2.75, 3.05) is 0 Å². The van der Waals surface area contributed by atoms with Gasteiger partial charge in [0.15, 0.2) is 34.9 Å². The molecule has 112 heavy (non-hydrogen) atoms. The fraction of sp³-hybridized carbons (Fsp3) is 0. The summed E-state index contributed by atoms with van der Waals surface area (Å²) in [7, 11) is 0. The maximum atomic E-state index is 6.37. The van der Waals surface area contributed by atoms with Crippen molar-refractivity contribution < 1.29 is 8.83 Å². The highest BCUT2D eigenvalue weighted by Crippen LogP contribution is 2.46. The molecule has 0 aliphatic heterocycles. The van der Waals surface area contributed by atoms with Crippen molar-refractivity contribution in [1.82, 2.24) is 39.9 Å². The zero-order valence-corrected chi connectivity index (χ0v) is 60.2. The van der Waals surface area contributed by atoms with Gasteiger partial charge in [-0.15, -0.1) is 0 Å². The van der Waals surface area contributed by atoms with E-state index in [0.717, 1.165) is 182 Å². The molecule has 0 unspecified atom stereocenters. The van der Waals surface area contributed by atoms with E-state index in [0.29, 0.717) is 34.9 Å². The number of para-hydroxylation sites is 2. The van der Waals surface area contributed by atoms with Gasteiger partial charge in [0.1, 0.15) is 22.3 Å². The molecule has 22 rings (SSSR count). The highest BCUT2D eigenvalue weighted by Gasteiger charge is 2.23. The molecule has 10 nitrogen and oxygen atoms in total. The first kappa shape index (κ1) is 65.1. The number of nitrogens with zero attached hydrogens (tertiary/aromatic N) is 8. The second-order valence-electron chi connectivity index (χ2n) is 28.0. The summed E-state index contributed by atoms with van der Waals surface area (Å²) in [5, 5.41) is 13.3. The number of rotatable bonds is 11. The first-order valence-electron chi connectivity index (χ1n) is 37.4. The molecule has 6 heterocycles. The maximum Gasteiger partial charge on any atom is 0.164 e. The molecular weight excluding hydrogens is 1370 g/mol. The standard InChI is InChI=1S/C52H32N4O.C50H30N4O/c1-4-12-33(13-5-1)34-20-24-38(25-21-34)51-54-50(37-16-8-3-9-17-37)55-52(56-51)39-26-22-35(23-27-39)40-28-29-41-44(32-40)53-49(36-14-6-2-7-15-36)43-30-31-46-48(47(41)43)42-18-10-11-19-45(42)57-46;1-4-14-31(15-5-1)47-41-28-29-44-46(40-20-10-11-25-43(40)55-44)45(41)39-27-26-34(30-42(39)51-47)35-21-12-23-37-36(35)22-13-24-38(37)50-53-48(32-16-6-2-7-17-32)52-49(54-50)33-18-8-3-9-19-33/h1-32H;1-30H. The van der Waals surface area contributed by atoms with E-state index in [1.165, 1.54) is 5.56 Å². The Kier molecular flexibility index (Phi) is 16.0. The van der Waals surface area contributed by atoms with Gasteiger partial charge in [-0.3, -0.25) is 0 Å². The maximum absolute atomic E-state index is 6.37. The first-order valence-corrected chi connectivity index (χ1v) is 37.4. The molecule has 16 aromatic carbocycles. The number of pyridine rings is 2. The second kappa shape index (κ2) is 27.5. The monoisotopic (exact) mass is 1430 g/mol. The van der Waals surface area contributed by atoms with Crippen LogP contribution in [0.1, 0.15) is 0 Å². The van der Waals surface area contributed by atoms with E-state index in [-0.39, 0.29) is 0 Å². The van der Waals surface area contributed by atoms with Gasteiger partial charge in [0.25, 0.3) is 0 Å². The Balaban J connectivity index is 0.000000142. The third-order valence-electron chi connectivity index (χ3n) is 21.3. The molecule has 0 bridgehead atoms. The summed E-state index contributed by atoms with van der Waals surface area (Å²) in [5.41, 5.74) is 21.6. The summed E-state index contributed by atoms with van der Waals surface area (Å²) < 4.78 is 12.7. The van der Waals surface area contributed by atoms with Crippen LogP contribution in [0.15, 0.2) is 385 Å². The zero-order chi connectivity index (χ0) is 74.0.